The Bertz CT molecular complexity index is 1060. The molecule has 29 heavy (non-hydrogen) atoms. The first-order chi connectivity index (χ1) is 14.0. The van der Waals surface area contributed by atoms with Crippen molar-refractivity contribution in [1.82, 2.24) is 0 Å². The number of hydrogen-bond donors (Lipinski definition) is 1. The van der Waals surface area contributed by atoms with E-state index in [-0.39, 0.29) is 0 Å². The van der Waals surface area contributed by atoms with Gasteiger partial charge in [0.15, 0.2) is 0 Å². The smallest absolute Gasteiger partial charge is 0.307 e. The highest BCUT2D eigenvalue weighted by Crippen LogP contribution is 2.45. The first kappa shape index (κ1) is 18.8. The fourth-order valence-corrected chi connectivity index (χ4v) is 3.77. The van der Waals surface area contributed by atoms with Crippen LogP contribution in [0.1, 0.15) is 30.5 Å². The molecule has 0 saturated heterocycles. The number of carbonyl (C=O) groups is 1. The number of aliphatic imine (C=N–C) groups is 2. The number of para-hydroxylation sites is 1. The van der Waals surface area contributed by atoms with E-state index in [2.05, 4.69) is 0 Å². The average molecular weight is 382 g/mol. The molecular weight excluding hydrogens is 360 g/mol. The van der Waals surface area contributed by atoms with E-state index in [1.54, 1.807) is 6.92 Å². The highest BCUT2D eigenvalue weighted by Gasteiger charge is 2.47. The molecule has 0 bridgehead atoms. The van der Waals surface area contributed by atoms with Gasteiger partial charge in [0.1, 0.15) is 5.84 Å². The summed E-state index contributed by atoms with van der Waals surface area (Å²) in [6.45, 7) is 3.65. The predicted molar refractivity (Wildman–Crippen MR) is 116 cm³/mol. The Balaban J connectivity index is 1.93. The fraction of sp³-hybridized carbons (Fsp3) is 0.160. The highest BCUT2D eigenvalue weighted by molar-refractivity contribution is 6.20. The lowest BCUT2D eigenvalue weighted by atomic mass is 9.72. The van der Waals surface area contributed by atoms with Crippen molar-refractivity contribution in [3.63, 3.8) is 0 Å². The third kappa shape index (κ3) is 3.27. The van der Waals surface area contributed by atoms with Crippen LogP contribution in [0.15, 0.2) is 94.9 Å². The lowest BCUT2D eigenvalue weighted by Crippen LogP contribution is -2.40. The molecule has 4 nitrogen and oxygen atoms in total. The van der Waals surface area contributed by atoms with Gasteiger partial charge in [0, 0.05) is 11.1 Å². The number of aliphatic carboxylic acids is 1. The van der Waals surface area contributed by atoms with Gasteiger partial charge in [-0.05, 0) is 18.6 Å². The van der Waals surface area contributed by atoms with Gasteiger partial charge in [-0.15, -0.1) is 0 Å². The van der Waals surface area contributed by atoms with Crippen molar-refractivity contribution in [3.05, 3.63) is 102 Å². The second-order valence-corrected chi connectivity index (χ2v) is 7.41. The number of hydrogen-bond acceptors (Lipinski definition) is 3. The first-order valence-electron chi connectivity index (χ1n) is 9.63. The number of carboxylic acids is 1. The molecule has 0 radical (unpaired) electrons. The second-order valence-electron chi connectivity index (χ2n) is 7.41. The van der Waals surface area contributed by atoms with E-state index in [9.17, 15) is 9.90 Å². The van der Waals surface area contributed by atoms with Crippen LogP contribution in [0, 0.1) is 5.92 Å². The molecule has 0 amide bonds. The molecule has 1 aliphatic rings. The Morgan fingerprint density at radius 1 is 0.897 bits per heavy atom. The van der Waals surface area contributed by atoms with E-state index in [0.29, 0.717) is 5.84 Å². The van der Waals surface area contributed by atoms with Crippen LogP contribution in [0.2, 0.25) is 0 Å². The Morgan fingerprint density at radius 2 is 1.41 bits per heavy atom. The number of carboxylic acid groups (broad SMARTS) is 1. The monoisotopic (exact) mass is 382 g/mol. The van der Waals surface area contributed by atoms with Crippen molar-refractivity contribution < 1.29 is 9.90 Å². The van der Waals surface area contributed by atoms with Gasteiger partial charge >= 0.3 is 5.97 Å². The molecule has 1 N–H and O–H groups in total. The molecule has 0 aliphatic carbocycles. The normalized spacial score (nSPS) is 18.5. The van der Waals surface area contributed by atoms with Crippen LogP contribution in [0.3, 0.4) is 0 Å². The number of rotatable bonds is 4. The summed E-state index contributed by atoms with van der Waals surface area (Å²) in [6.07, 6.45) is 0. The summed E-state index contributed by atoms with van der Waals surface area (Å²) in [5.74, 6) is -1.02. The van der Waals surface area contributed by atoms with E-state index in [1.807, 2.05) is 91.9 Å². The third-order valence-corrected chi connectivity index (χ3v) is 5.70. The molecule has 2 unspecified atom stereocenters. The standard InChI is InChI=1S/C25H22N2O2/c1-17(23(28)29)25(2)20-15-9-10-16-21(20)26-24(25)27-22(18-11-5-3-6-12-18)19-13-7-4-8-14-19/h3-17H,1-2H3,(H,28,29). The summed E-state index contributed by atoms with van der Waals surface area (Å²) in [5, 5.41) is 9.82. The van der Waals surface area contributed by atoms with Gasteiger partial charge in [-0.2, -0.15) is 0 Å². The van der Waals surface area contributed by atoms with Gasteiger partial charge in [-0.3, -0.25) is 4.79 Å². The van der Waals surface area contributed by atoms with E-state index >= 15 is 0 Å². The van der Waals surface area contributed by atoms with E-state index in [4.69, 9.17) is 9.98 Å². The number of nitrogens with zero attached hydrogens (tertiary/aromatic N) is 2. The minimum Gasteiger partial charge on any atom is -0.481 e. The van der Waals surface area contributed by atoms with Gasteiger partial charge in [0.25, 0.3) is 0 Å². The van der Waals surface area contributed by atoms with E-state index in [0.717, 1.165) is 28.1 Å². The summed E-state index contributed by atoms with van der Waals surface area (Å²) >= 11 is 0. The average Bonchev–Trinajstić information content (AvgIpc) is 3.05. The zero-order chi connectivity index (χ0) is 20.4. The summed E-state index contributed by atoms with van der Waals surface area (Å²) in [7, 11) is 0. The SMILES string of the molecule is CC(C(=O)O)C1(C)C(N=C(c2ccccc2)c2ccccc2)=Nc2ccccc21. The van der Waals surface area contributed by atoms with Crippen molar-refractivity contribution >= 4 is 23.2 Å². The topological polar surface area (TPSA) is 62.0 Å². The number of amidine groups is 1. The van der Waals surface area contributed by atoms with E-state index < -0.39 is 17.3 Å². The van der Waals surface area contributed by atoms with Crippen LogP contribution in [0.25, 0.3) is 0 Å². The molecule has 3 aromatic carbocycles. The minimum atomic E-state index is -0.868. The minimum absolute atomic E-state index is 0.524. The van der Waals surface area contributed by atoms with Crippen molar-refractivity contribution in [3.8, 4) is 0 Å². The molecule has 0 spiro atoms. The summed E-state index contributed by atoms with van der Waals surface area (Å²) in [4.78, 5) is 21.7. The maximum Gasteiger partial charge on any atom is 0.307 e. The second kappa shape index (κ2) is 7.47. The molecule has 3 aromatic rings. The third-order valence-electron chi connectivity index (χ3n) is 5.70. The van der Waals surface area contributed by atoms with Crippen LogP contribution >= 0.6 is 0 Å². The van der Waals surface area contributed by atoms with Crippen LogP contribution in [-0.2, 0) is 10.2 Å². The van der Waals surface area contributed by atoms with Crippen LogP contribution in [0.4, 0.5) is 5.69 Å². The zero-order valence-electron chi connectivity index (χ0n) is 16.4. The van der Waals surface area contributed by atoms with Crippen molar-refractivity contribution in [2.45, 2.75) is 19.3 Å². The largest absolute Gasteiger partial charge is 0.481 e. The molecule has 144 valence electrons. The Morgan fingerprint density at radius 3 is 1.97 bits per heavy atom. The highest BCUT2D eigenvalue weighted by atomic mass is 16.4. The Kier molecular flexibility index (Phi) is 4.85. The van der Waals surface area contributed by atoms with Gasteiger partial charge in [0.05, 0.1) is 22.7 Å². The summed E-state index contributed by atoms with van der Waals surface area (Å²) < 4.78 is 0. The van der Waals surface area contributed by atoms with E-state index in [1.165, 1.54) is 0 Å². The van der Waals surface area contributed by atoms with Crippen LogP contribution in [0.5, 0.6) is 0 Å². The molecule has 0 aromatic heterocycles. The summed E-state index contributed by atoms with van der Waals surface area (Å²) in [5.41, 5.74) is 3.56. The zero-order valence-corrected chi connectivity index (χ0v) is 16.4. The first-order valence-corrected chi connectivity index (χ1v) is 9.63. The molecule has 4 heteroatoms. The van der Waals surface area contributed by atoms with Crippen molar-refractivity contribution in [1.29, 1.82) is 0 Å². The van der Waals surface area contributed by atoms with Crippen molar-refractivity contribution in [2.24, 2.45) is 15.9 Å². The van der Waals surface area contributed by atoms with Gasteiger partial charge < -0.3 is 5.11 Å². The Hall–Kier alpha value is -3.53. The quantitative estimate of drug-likeness (QED) is 0.627. The molecule has 1 heterocycles. The van der Waals surface area contributed by atoms with Gasteiger partial charge in [-0.1, -0.05) is 85.8 Å². The maximum absolute atomic E-state index is 12.0. The lowest BCUT2D eigenvalue weighted by Gasteiger charge is -2.30. The van der Waals surface area contributed by atoms with Gasteiger partial charge in [-0.25, -0.2) is 9.98 Å². The summed E-state index contributed by atoms with van der Waals surface area (Å²) in [6, 6.07) is 27.5. The number of benzene rings is 3. The van der Waals surface area contributed by atoms with Crippen molar-refractivity contribution in [2.75, 3.05) is 0 Å². The molecule has 0 fully saturated rings. The predicted octanol–water partition coefficient (Wildman–Crippen LogP) is 5.25. The number of fused-ring (bicyclic) bond motifs is 1. The van der Waals surface area contributed by atoms with Gasteiger partial charge in [0.2, 0.25) is 0 Å². The Labute approximate surface area is 170 Å². The lowest BCUT2D eigenvalue weighted by molar-refractivity contribution is -0.142. The van der Waals surface area contributed by atoms with Crippen LogP contribution in [-0.4, -0.2) is 22.6 Å². The molecule has 0 saturated carbocycles. The molecule has 2 atom stereocenters. The molecule has 4 rings (SSSR count). The maximum atomic E-state index is 12.0. The molecule has 1 aliphatic heterocycles. The van der Waals surface area contributed by atoms with Crippen LogP contribution < -0.4 is 0 Å². The molecular formula is C25H22N2O2. The fourth-order valence-electron chi connectivity index (χ4n) is 3.77.